The fourth-order valence-corrected chi connectivity index (χ4v) is 5.70. The molecule has 3 aromatic rings. The van der Waals surface area contributed by atoms with Crippen molar-refractivity contribution in [3.8, 4) is 5.75 Å². The van der Waals surface area contributed by atoms with Crippen molar-refractivity contribution in [2.24, 2.45) is 5.73 Å². The van der Waals surface area contributed by atoms with Crippen LogP contribution < -0.4 is 27.0 Å². The van der Waals surface area contributed by atoms with Crippen molar-refractivity contribution in [1.29, 1.82) is 0 Å². The molecule has 0 aliphatic heterocycles. The third-order valence-electron chi connectivity index (χ3n) is 6.53. The molecule has 224 valence electrons. The molecule has 13 heteroatoms. The number of nitrogens with zero attached hydrogens (tertiary/aromatic N) is 2. The molecule has 1 amide bonds. The lowest BCUT2D eigenvalue weighted by Gasteiger charge is -2.28. The molecule has 2 aromatic heterocycles. The lowest BCUT2D eigenvalue weighted by molar-refractivity contribution is -0.129. The molecule has 11 nitrogen and oxygen atoms in total. The van der Waals surface area contributed by atoms with E-state index in [1.54, 1.807) is 27.7 Å². The van der Waals surface area contributed by atoms with Gasteiger partial charge in [0.2, 0.25) is 5.91 Å². The molecule has 3 N–H and O–H groups in total. The second-order valence-corrected chi connectivity index (χ2v) is 11.2. The Morgan fingerprint density at radius 3 is 2.49 bits per heavy atom. The van der Waals surface area contributed by atoms with E-state index in [1.807, 2.05) is 0 Å². The number of fused-ring (bicyclic) bond motifs is 1. The number of esters is 1. The van der Waals surface area contributed by atoms with E-state index < -0.39 is 40.6 Å². The maximum atomic E-state index is 14.4. The molecule has 0 fully saturated rings. The number of methoxy groups -OCH3 is 1. The van der Waals surface area contributed by atoms with E-state index >= 15 is 0 Å². The molecular weight excluding hydrogens is 555 g/mol. The number of benzene rings is 1. The van der Waals surface area contributed by atoms with Crippen molar-refractivity contribution in [2.45, 2.75) is 65.8 Å². The van der Waals surface area contributed by atoms with Gasteiger partial charge >= 0.3 is 11.7 Å². The Morgan fingerprint density at radius 1 is 1.22 bits per heavy atom. The van der Waals surface area contributed by atoms with Gasteiger partial charge in [-0.15, -0.1) is 11.3 Å². The second-order valence-electron chi connectivity index (χ2n) is 10.2. The summed E-state index contributed by atoms with van der Waals surface area (Å²) in [5.74, 6) is -1.42. The Balaban J connectivity index is 2.40. The molecule has 0 radical (unpaired) electrons. The van der Waals surface area contributed by atoms with Crippen LogP contribution in [-0.4, -0.2) is 53.9 Å². The predicted molar refractivity (Wildman–Crippen MR) is 154 cm³/mol. The largest absolute Gasteiger partial charge is 0.496 e. The van der Waals surface area contributed by atoms with Crippen LogP contribution in [0.25, 0.3) is 10.2 Å². The number of rotatable bonds is 12. The molecule has 0 aliphatic rings. The van der Waals surface area contributed by atoms with Crippen LogP contribution in [0.15, 0.2) is 27.8 Å². The summed E-state index contributed by atoms with van der Waals surface area (Å²) in [5.41, 5.74) is 3.18. The summed E-state index contributed by atoms with van der Waals surface area (Å²) in [5, 5.41) is 2.85. The van der Waals surface area contributed by atoms with Crippen LogP contribution in [0.2, 0.25) is 0 Å². The van der Waals surface area contributed by atoms with Crippen LogP contribution >= 0.6 is 11.3 Å². The first-order chi connectivity index (χ1) is 19.3. The molecular formula is C28H37FN4O7S. The molecule has 0 saturated heterocycles. The number of hydrogen-bond donors (Lipinski definition) is 2. The molecule has 0 bridgehead atoms. The van der Waals surface area contributed by atoms with Crippen LogP contribution in [0.5, 0.6) is 5.75 Å². The fraction of sp³-hybridized carbons (Fsp3) is 0.500. The van der Waals surface area contributed by atoms with E-state index in [2.05, 4.69) is 5.32 Å². The summed E-state index contributed by atoms with van der Waals surface area (Å²) in [6.45, 7) is 9.82. The van der Waals surface area contributed by atoms with E-state index in [1.165, 1.54) is 43.7 Å². The smallest absolute Gasteiger partial charge is 0.348 e. The summed E-state index contributed by atoms with van der Waals surface area (Å²) in [6.07, 6.45) is -0.947. The lowest BCUT2D eigenvalue weighted by atomic mass is 10.0. The zero-order valence-electron chi connectivity index (χ0n) is 24.3. The SMILES string of the molecule is CCOC(=O)c1sc2c(c1C)c(=O)n(C(C)(C)C(=O)NC(C)C)c(=O)n2CC(OCCN)c1cc(F)ccc1OC. The van der Waals surface area contributed by atoms with Crippen molar-refractivity contribution in [2.75, 3.05) is 26.9 Å². The van der Waals surface area contributed by atoms with Gasteiger partial charge in [-0.3, -0.25) is 14.2 Å². The first kappa shape index (κ1) is 32.0. The van der Waals surface area contributed by atoms with Crippen molar-refractivity contribution < 1.29 is 28.2 Å². The lowest BCUT2D eigenvalue weighted by Crippen LogP contribution is -2.56. The Hall–Kier alpha value is -3.55. The topological polar surface area (TPSA) is 144 Å². The molecule has 0 spiro atoms. The van der Waals surface area contributed by atoms with E-state index in [0.717, 1.165) is 15.9 Å². The Morgan fingerprint density at radius 2 is 1.90 bits per heavy atom. The maximum Gasteiger partial charge on any atom is 0.348 e. The maximum absolute atomic E-state index is 14.4. The Labute approximate surface area is 241 Å². The first-order valence-electron chi connectivity index (χ1n) is 13.2. The quantitative estimate of drug-likeness (QED) is 0.306. The third-order valence-corrected chi connectivity index (χ3v) is 7.83. The zero-order valence-corrected chi connectivity index (χ0v) is 25.1. The molecule has 0 aliphatic carbocycles. The molecule has 2 heterocycles. The van der Waals surface area contributed by atoms with Gasteiger partial charge in [0.25, 0.3) is 5.56 Å². The Kier molecular flexibility index (Phi) is 10.1. The number of hydrogen-bond acceptors (Lipinski definition) is 9. The van der Waals surface area contributed by atoms with Crippen LogP contribution in [-0.2, 0) is 26.4 Å². The summed E-state index contributed by atoms with van der Waals surface area (Å²) < 4.78 is 33.1. The molecule has 0 saturated carbocycles. The number of carbonyl (C=O) groups is 2. The summed E-state index contributed by atoms with van der Waals surface area (Å²) in [6, 6.07) is 3.66. The fourth-order valence-electron chi connectivity index (χ4n) is 4.51. The number of amides is 1. The molecule has 41 heavy (non-hydrogen) atoms. The number of thiophene rings is 1. The van der Waals surface area contributed by atoms with Gasteiger partial charge in [-0.25, -0.2) is 18.5 Å². The van der Waals surface area contributed by atoms with Crippen LogP contribution in [0, 0.1) is 12.7 Å². The van der Waals surface area contributed by atoms with Gasteiger partial charge in [-0.05, 0) is 65.3 Å². The van der Waals surface area contributed by atoms with Gasteiger partial charge in [0.05, 0.1) is 32.3 Å². The van der Waals surface area contributed by atoms with Crippen LogP contribution in [0.3, 0.4) is 0 Å². The van der Waals surface area contributed by atoms with Gasteiger partial charge in [0, 0.05) is 18.2 Å². The summed E-state index contributed by atoms with van der Waals surface area (Å²) in [4.78, 5) is 54.5. The number of aryl methyl sites for hydroxylation is 1. The Bertz CT molecular complexity index is 1560. The minimum Gasteiger partial charge on any atom is -0.496 e. The zero-order chi connectivity index (χ0) is 30.6. The highest BCUT2D eigenvalue weighted by atomic mass is 32.1. The molecule has 1 unspecified atom stereocenters. The third kappa shape index (κ3) is 6.36. The highest BCUT2D eigenvalue weighted by Gasteiger charge is 2.36. The molecule has 1 atom stereocenters. The van der Waals surface area contributed by atoms with Crippen molar-refractivity contribution >= 4 is 33.4 Å². The summed E-state index contributed by atoms with van der Waals surface area (Å²) >= 11 is 0.928. The number of ether oxygens (including phenoxy) is 3. The molecule has 3 rings (SSSR count). The van der Waals surface area contributed by atoms with E-state index in [9.17, 15) is 23.6 Å². The van der Waals surface area contributed by atoms with Gasteiger partial charge in [0.15, 0.2) is 0 Å². The van der Waals surface area contributed by atoms with E-state index in [-0.39, 0.29) is 47.4 Å². The van der Waals surface area contributed by atoms with E-state index in [4.69, 9.17) is 19.9 Å². The average molecular weight is 593 g/mol. The van der Waals surface area contributed by atoms with Gasteiger partial charge in [0.1, 0.15) is 32.9 Å². The molecule has 1 aromatic carbocycles. The highest BCUT2D eigenvalue weighted by molar-refractivity contribution is 7.20. The number of aromatic nitrogens is 2. The number of nitrogens with one attached hydrogen (secondary N) is 1. The number of carbonyl (C=O) groups excluding carboxylic acids is 2. The number of nitrogens with two attached hydrogens (primary N) is 1. The first-order valence-corrected chi connectivity index (χ1v) is 14.0. The van der Waals surface area contributed by atoms with Crippen LogP contribution in [0.4, 0.5) is 4.39 Å². The van der Waals surface area contributed by atoms with Gasteiger partial charge in [-0.1, -0.05) is 0 Å². The second kappa shape index (κ2) is 13.0. The van der Waals surface area contributed by atoms with E-state index in [0.29, 0.717) is 16.9 Å². The number of halogens is 1. The minimum absolute atomic E-state index is 0.0711. The average Bonchev–Trinajstić information content (AvgIpc) is 3.25. The highest BCUT2D eigenvalue weighted by Crippen LogP contribution is 2.33. The van der Waals surface area contributed by atoms with Crippen molar-refractivity contribution in [3.05, 3.63) is 60.9 Å². The van der Waals surface area contributed by atoms with Crippen LogP contribution in [0.1, 0.15) is 61.5 Å². The predicted octanol–water partition coefficient (Wildman–Crippen LogP) is 2.83. The monoisotopic (exact) mass is 592 g/mol. The van der Waals surface area contributed by atoms with Crippen molar-refractivity contribution in [3.63, 3.8) is 0 Å². The van der Waals surface area contributed by atoms with Gasteiger partial charge < -0.3 is 25.3 Å². The normalized spacial score (nSPS) is 12.5. The minimum atomic E-state index is -1.61. The van der Waals surface area contributed by atoms with Gasteiger partial charge in [-0.2, -0.15) is 0 Å². The standard InChI is InChI=1S/C28H37FN4O7S/c1-8-39-25(35)22-16(4)21-23(34)33(28(5,6)26(36)31-15(2)3)27(37)32(24(21)41-22)14-20(40-12-11-30)18-13-17(29)9-10-19(18)38-7/h9-10,13,15,20H,8,11-12,14,30H2,1-7H3,(H,31,36). The van der Waals surface area contributed by atoms with Crippen molar-refractivity contribution in [1.82, 2.24) is 14.5 Å². The summed E-state index contributed by atoms with van der Waals surface area (Å²) in [7, 11) is 1.42.